The van der Waals surface area contributed by atoms with Gasteiger partial charge in [-0.2, -0.15) is 0 Å². The van der Waals surface area contributed by atoms with Crippen LogP contribution in [0.2, 0.25) is 5.02 Å². The number of carbonyl (C=O) groups is 3. The summed E-state index contributed by atoms with van der Waals surface area (Å²) >= 11 is 6.25. The van der Waals surface area contributed by atoms with Crippen LogP contribution in [0.4, 0.5) is 11.4 Å². The van der Waals surface area contributed by atoms with Crippen LogP contribution in [0.1, 0.15) is 49.3 Å². The zero-order chi connectivity index (χ0) is 25.8. The van der Waals surface area contributed by atoms with Gasteiger partial charge in [-0.15, -0.1) is 0 Å². The van der Waals surface area contributed by atoms with Crippen molar-refractivity contribution in [3.8, 4) is 0 Å². The molecule has 9 nitrogen and oxygen atoms in total. The minimum absolute atomic E-state index is 0.0863. The van der Waals surface area contributed by atoms with Gasteiger partial charge in [-0.25, -0.2) is 0 Å². The molecule has 1 N–H and O–H groups in total. The summed E-state index contributed by atoms with van der Waals surface area (Å²) in [6, 6.07) is 9.91. The van der Waals surface area contributed by atoms with Crippen LogP contribution in [0.5, 0.6) is 0 Å². The Bertz CT molecular complexity index is 1350. The van der Waals surface area contributed by atoms with Crippen molar-refractivity contribution in [2.75, 3.05) is 5.32 Å². The van der Waals surface area contributed by atoms with E-state index >= 15 is 0 Å². The van der Waals surface area contributed by atoms with Crippen molar-refractivity contribution in [2.24, 2.45) is 11.8 Å². The molecule has 3 heterocycles. The van der Waals surface area contributed by atoms with Crippen LogP contribution in [0.25, 0.3) is 6.08 Å². The number of nitro benzene ring substituents is 1. The number of halogens is 1. The Morgan fingerprint density at radius 3 is 2.51 bits per heavy atom. The van der Waals surface area contributed by atoms with Crippen molar-refractivity contribution in [1.29, 1.82) is 0 Å². The van der Waals surface area contributed by atoms with Gasteiger partial charge in [0.2, 0.25) is 17.7 Å². The van der Waals surface area contributed by atoms with Gasteiger partial charge in [0.15, 0.2) is 0 Å². The highest BCUT2D eigenvalue weighted by molar-refractivity contribution is 6.34. The van der Waals surface area contributed by atoms with E-state index in [4.69, 9.17) is 11.6 Å². The van der Waals surface area contributed by atoms with Crippen LogP contribution >= 0.6 is 11.6 Å². The van der Waals surface area contributed by atoms with Crippen molar-refractivity contribution >= 4 is 46.8 Å². The van der Waals surface area contributed by atoms with Gasteiger partial charge in [0.1, 0.15) is 6.04 Å². The summed E-state index contributed by atoms with van der Waals surface area (Å²) in [5, 5.41) is 14.1. The number of rotatable bonds is 4. The van der Waals surface area contributed by atoms with Crippen LogP contribution in [0.15, 0.2) is 48.7 Å². The van der Waals surface area contributed by atoms with Gasteiger partial charge in [0.05, 0.1) is 33.5 Å². The summed E-state index contributed by atoms with van der Waals surface area (Å²) in [5.74, 6) is -2.63. The molecule has 1 saturated carbocycles. The number of anilines is 1. The standard InChI is InChI=1S/C27H25ClN4O5/c28-19-11-10-17(32(36)37)14-20(19)29-25(33)24-22-21(23-18-9-5-4-6-15(18)12-13-30(23)24)26(34)31(27(22)35)16-7-2-1-3-8-16/h4-6,9-14,16,21-24H,1-3,7-8H2,(H,29,33). The number of non-ortho nitro benzene ring substituents is 1. The lowest BCUT2D eigenvalue weighted by Crippen LogP contribution is -2.49. The smallest absolute Gasteiger partial charge is 0.271 e. The average Bonchev–Trinajstić information content (AvgIpc) is 3.38. The number of carbonyl (C=O) groups excluding carboxylic acids is 3. The molecular formula is C27H25ClN4O5. The number of amides is 3. The van der Waals surface area contributed by atoms with Gasteiger partial charge in [0.25, 0.3) is 5.69 Å². The van der Waals surface area contributed by atoms with E-state index in [1.165, 1.54) is 23.1 Å². The summed E-state index contributed by atoms with van der Waals surface area (Å²) in [6.45, 7) is 0. The molecule has 6 rings (SSSR count). The maximum Gasteiger partial charge on any atom is 0.271 e. The molecule has 2 aromatic rings. The van der Waals surface area contributed by atoms with Crippen LogP contribution in [-0.4, -0.2) is 44.5 Å². The van der Waals surface area contributed by atoms with E-state index in [1.54, 1.807) is 11.1 Å². The maximum absolute atomic E-state index is 13.9. The SMILES string of the molecule is O=C(Nc1cc([N+](=O)[O-])ccc1Cl)C1C2C(=O)N(C3CCCCC3)C(=O)C2C2c3ccccc3C=CN12. The minimum Gasteiger partial charge on any atom is -0.357 e. The summed E-state index contributed by atoms with van der Waals surface area (Å²) in [6.07, 6.45) is 8.23. The Morgan fingerprint density at radius 2 is 1.76 bits per heavy atom. The molecule has 2 aromatic carbocycles. The number of benzene rings is 2. The first-order chi connectivity index (χ1) is 17.9. The number of nitro groups is 1. The second-order valence-corrected chi connectivity index (χ2v) is 10.5. The Labute approximate surface area is 218 Å². The van der Waals surface area contributed by atoms with E-state index in [2.05, 4.69) is 5.32 Å². The molecule has 3 amide bonds. The molecule has 2 saturated heterocycles. The second-order valence-electron chi connectivity index (χ2n) is 10.1. The number of hydrogen-bond acceptors (Lipinski definition) is 6. The summed E-state index contributed by atoms with van der Waals surface area (Å²) < 4.78 is 0. The van der Waals surface area contributed by atoms with E-state index in [1.807, 2.05) is 30.3 Å². The molecule has 190 valence electrons. The molecule has 0 aromatic heterocycles. The molecule has 3 fully saturated rings. The highest BCUT2D eigenvalue weighted by atomic mass is 35.5. The first-order valence-corrected chi connectivity index (χ1v) is 12.9. The lowest BCUT2D eigenvalue weighted by atomic mass is 9.84. The van der Waals surface area contributed by atoms with Crippen LogP contribution in [-0.2, 0) is 14.4 Å². The summed E-state index contributed by atoms with van der Waals surface area (Å²) in [4.78, 5) is 55.5. The number of nitrogens with zero attached hydrogens (tertiary/aromatic N) is 3. The summed E-state index contributed by atoms with van der Waals surface area (Å²) in [7, 11) is 0. The molecule has 4 aliphatic rings. The topological polar surface area (TPSA) is 113 Å². The Balaban J connectivity index is 1.40. The first-order valence-electron chi connectivity index (χ1n) is 12.5. The second kappa shape index (κ2) is 8.99. The van der Waals surface area contributed by atoms with E-state index in [0.29, 0.717) is 0 Å². The third-order valence-electron chi connectivity index (χ3n) is 8.12. The van der Waals surface area contributed by atoms with E-state index in [0.717, 1.165) is 43.2 Å². The lowest BCUT2D eigenvalue weighted by molar-refractivity contribution is -0.384. The molecule has 4 atom stereocenters. The fourth-order valence-electron chi connectivity index (χ4n) is 6.51. The Kier molecular flexibility index (Phi) is 5.75. The van der Waals surface area contributed by atoms with Gasteiger partial charge >= 0.3 is 0 Å². The third kappa shape index (κ3) is 3.71. The zero-order valence-electron chi connectivity index (χ0n) is 19.9. The van der Waals surface area contributed by atoms with Gasteiger partial charge in [0, 0.05) is 24.4 Å². The number of hydrogen-bond donors (Lipinski definition) is 1. The fraction of sp³-hybridized carbons (Fsp3) is 0.370. The highest BCUT2D eigenvalue weighted by Gasteiger charge is 2.65. The predicted octanol–water partition coefficient (Wildman–Crippen LogP) is 4.53. The number of imide groups is 1. The number of likely N-dealkylation sites (tertiary alicyclic amines) is 1. The van der Waals surface area contributed by atoms with Crippen LogP contribution in [0.3, 0.4) is 0 Å². The molecular weight excluding hydrogens is 496 g/mol. The van der Waals surface area contributed by atoms with Crippen molar-refractivity contribution in [3.05, 3.63) is 74.9 Å². The molecule has 1 aliphatic carbocycles. The molecule has 10 heteroatoms. The molecule has 0 bridgehead atoms. The highest BCUT2D eigenvalue weighted by Crippen LogP contribution is 2.53. The molecule has 4 unspecified atom stereocenters. The lowest BCUT2D eigenvalue weighted by Gasteiger charge is -2.37. The van der Waals surface area contributed by atoms with E-state index < -0.39 is 34.7 Å². The van der Waals surface area contributed by atoms with Crippen LogP contribution in [0, 0.1) is 22.0 Å². The van der Waals surface area contributed by atoms with Gasteiger partial charge in [-0.3, -0.25) is 29.4 Å². The minimum atomic E-state index is -0.972. The first kappa shape index (κ1) is 23.7. The van der Waals surface area contributed by atoms with Crippen molar-refractivity contribution in [3.63, 3.8) is 0 Å². The van der Waals surface area contributed by atoms with E-state index in [-0.39, 0.29) is 34.3 Å². The normalized spacial score (nSPS) is 26.6. The maximum atomic E-state index is 13.9. The Morgan fingerprint density at radius 1 is 1.03 bits per heavy atom. The molecule has 37 heavy (non-hydrogen) atoms. The fourth-order valence-corrected chi connectivity index (χ4v) is 6.67. The predicted molar refractivity (Wildman–Crippen MR) is 136 cm³/mol. The molecule has 0 spiro atoms. The molecule has 0 radical (unpaired) electrons. The van der Waals surface area contributed by atoms with Gasteiger partial charge in [-0.1, -0.05) is 55.1 Å². The third-order valence-corrected chi connectivity index (χ3v) is 8.45. The van der Waals surface area contributed by atoms with E-state index in [9.17, 15) is 24.5 Å². The van der Waals surface area contributed by atoms with Gasteiger partial charge < -0.3 is 10.2 Å². The quantitative estimate of drug-likeness (QED) is 0.360. The molecule has 3 aliphatic heterocycles. The zero-order valence-corrected chi connectivity index (χ0v) is 20.6. The average molecular weight is 521 g/mol. The monoisotopic (exact) mass is 520 g/mol. The van der Waals surface area contributed by atoms with Gasteiger partial charge in [-0.05, 0) is 36.1 Å². The number of fused-ring (bicyclic) bond motifs is 5. The Hall–Kier alpha value is -3.72. The van der Waals surface area contributed by atoms with Crippen molar-refractivity contribution in [2.45, 2.75) is 50.2 Å². The number of nitrogens with one attached hydrogen (secondary N) is 1. The van der Waals surface area contributed by atoms with Crippen LogP contribution < -0.4 is 5.32 Å². The van der Waals surface area contributed by atoms with Crippen molar-refractivity contribution in [1.82, 2.24) is 9.80 Å². The largest absolute Gasteiger partial charge is 0.357 e. The summed E-state index contributed by atoms with van der Waals surface area (Å²) in [5.41, 5.74) is 1.71. The van der Waals surface area contributed by atoms with Crippen molar-refractivity contribution < 1.29 is 19.3 Å².